The van der Waals surface area contributed by atoms with Gasteiger partial charge in [-0.25, -0.2) is 9.37 Å². The first-order valence-corrected chi connectivity index (χ1v) is 7.44. The molecule has 1 aliphatic heterocycles. The molecule has 2 rings (SSSR count). The van der Waals surface area contributed by atoms with Crippen molar-refractivity contribution in [2.45, 2.75) is 16.1 Å². The van der Waals surface area contributed by atoms with Crippen molar-refractivity contribution in [1.82, 2.24) is 10.3 Å². The quantitative estimate of drug-likeness (QED) is 0.570. The van der Waals surface area contributed by atoms with E-state index in [1.54, 1.807) is 4.90 Å². The molecule has 5 nitrogen and oxygen atoms in total. The fourth-order valence-electron chi connectivity index (χ4n) is 2.23. The van der Waals surface area contributed by atoms with Crippen molar-refractivity contribution >= 4 is 60.7 Å². The zero-order valence-corrected chi connectivity index (χ0v) is 13.6. The van der Waals surface area contributed by atoms with Crippen LogP contribution in [0.4, 0.5) is 10.2 Å². The van der Waals surface area contributed by atoms with E-state index in [-0.39, 0.29) is 11.6 Å². The number of ether oxygens (including phenoxy) is 2. The molecule has 1 aromatic heterocycles. The highest BCUT2D eigenvalue weighted by Gasteiger charge is 2.40. The van der Waals surface area contributed by atoms with Gasteiger partial charge in [0.2, 0.25) is 0 Å². The number of aromatic nitrogens is 1. The topological polar surface area (TPSA) is 46.6 Å². The number of hydrogen-bond acceptors (Lipinski definition) is 5. The van der Waals surface area contributed by atoms with Crippen LogP contribution in [0.25, 0.3) is 0 Å². The van der Waals surface area contributed by atoms with E-state index in [1.807, 2.05) is 0 Å². The molecular formula is C12H11B7FN3O2. The van der Waals surface area contributed by atoms with E-state index >= 15 is 0 Å². The highest BCUT2D eigenvalue weighted by atomic mass is 19.1. The van der Waals surface area contributed by atoms with Crippen LogP contribution in [0.1, 0.15) is 0 Å². The molecule has 1 aliphatic rings. The Bertz CT molecular complexity index is 609. The lowest BCUT2D eigenvalue weighted by atomic mass is 9.40. The molecule has 1 N–H and O–H groups in total. The van der Waals surface area contributed by atoms with Crippen molar-refractivity contribution in [1.29, 1.82) is 0 Å². The largest absolute Gasteiger partial charge is 0.504 e. The Balaban J connectivity index is 2.15. The Morgan fingerprint density at radius 1 is 1.04 bits per heavy atom. The van der Waals surface area contributed by atoms with Gasteiger partial charge in [0, 0.05) is 43.0 Å². The molecule has 13 heteroatoms. The summed E-state index contributed by atoms with van der Waals surface area (Å²) >= 11 is 0. The Kier molecular flexibility index (Phi) is 5.99. The van der Waals surface area contributed by atoms with Crippen molar-refractivity contribution in [3.05, 3.63) is 18.1 Å². The van der Waals surface area contributed by atoms with Crippen molar-refractivity contribution in [3.8, 4) is 5.75 Å². The molecule has 0 amide bonds. The highest BCUT2D eigenvalue weighted by molar-refractivity contribution is 6.59. The van der Waals surface area contributed by atoms with E-state index in [0.717, 1.165) is 19.2 Å². The molecule has 2 heterocycles. The zero-order chi connectivity index (χ0) is 18.9. The fraction of sp³-hybridized carbons (Fsp3) is 0.583. The number of hydrogen-bond donors (Lipinski definition) is 1. The number of nitrogens with zero attached hydrogens (tertiary/aromatic N) is 2. The SMILES string of the molecule is [B]C([B])([B])OC([B])([B])C([B])([B])Oc1cnc(N2CCNCC2)c(F)c1. The number of rotatable bonds is 6. The maximum absolute atomic E-state index is 14.3. The molecular weight excluding hydrogens is 313 g/mol. The third-order valence-corrected chi connectivity index (χ3v) is 3.46. The van der Waals surface area contributed by atoms with E-state index in [0.29, 0.717) is 13.1 Å². The maximum atomic E-state index is 14.3. The lowest BCUT2D eigenvalue weighted by Crippen LogP contribution is -2.65. The zero-order valence-electron chi connectivity index (χ0n) is 13.6. The van der Waals surface area contributed by atoms with Gasteiger partial charge in [-0.15, -0.1) is 0 Å². The Morgan fingerprint density at radius 2 is 1.64 bits per heavy atom. The van der Waals surface area contributed by atoms with Gasteiger partial charge in [0.05, 0.1) is 29.7 Å². The van der Waals surface area contributed by atoms with Gasteiger partial charge >= 0.3 is 0 Å². The van der Waals surface area contributed by atoms with Gasteiger partial charge in [-0.1, -0.05) is 0 Å². The first-order chi connectivity index (χ1) is 11.4. The second-order valence-corrected chi connectivity index (χ2v) is 5.86. The number of anilines is 1. The van der Waals surface area contributed by atoms with Gasteiger partial charge in [-0.05, 0) is 5.30 Å². The Labute approximate surface area is 156 Å². The molecule has 1 aromatic rings. The Morgan fingerprint density at radius 3 is 2.16 bits per heavy atom. The van der Waals surface area contributed by atoms with Crippen LogP contribution in [-0.2, 0) is 4.74 Å². The second kappa shape index (κ2) is 7.35. The molecule has 0 spiro atoms. The summed E-state index contributed by atoms with van der Waals surface area (Å²) in [7, 11) is 38.5. The summed E-state index contributed by atoms with van der Waals surface area (Å²) in [5.41, 5.74) is 0. The minimum atomic E-state index is -2.39. The first-order valence-electron chi connectivity index (χ1n) is 7.44. The normalized spacial score (nSPS) is 16.6. The molecule has 1 saturated heterocycles. The Hall–Kier alpha value is -0.945. The summed E-state index contributed by atoms with van der Waals surface area (Å²) in [4.78, 5) is 5.82. The van der Waals surface area contributed by atoms with Crippen LogP contribution in [0.2, 0.25) is 0 Å². The smallest absolute Gasteiger partial charge is 0.169 e. The summed E-state index contributed by atoms with van der Waals surface area (Å²) in [6.07, 6.45) is 1.23. The van der Waals surface area contributed by atoms with Crippen molar-refractivity contribution < 1.29 is 13.9 Å². The molecule has 0 unspecified atom stereocenters. The molecule has 0 aromatic carbocycles. The van der Waals surface area contributed by atoms with E-state index in [2.05, 4.69) is 10.3 Å². The van der Waals surface area contributed by atoms with Gasteiger partial charge < -0.3 is 19.7 Å². The number of piperazine rings is 1. The van der Waals surface area contributed by atoms with Gasteiger partial charge in [-0.2, -0.15) is 0 Å². The first kappa shape index (κ1) is 20.4. The lowest BCUT2D eigenvalue weighted by molar-refractivity contribution is 0.00219. The third kappa shape index (κ3) is 5.27. The summed E-state index contributed by atoms with van der Waals surface area (Å²) in [5, 5.41) is -3.79. The van der Waals surface area contributed by atoms with Gasteiger partial charge in [0.1, 0.15) is 37.1 Å². The van der Waals surface area contributed by atoms with Crippen LogP contribution in [0.5, 0.6) is 5.75 Å². The average Bonchev–Trinajstić information content (AvgIpc) is 2.45. The predicted molar refractivity (Wildman–Crippen MR) is 99.5 cm³/mol. The summed E-state index contributed by atoms with van der Waals surface area (Å²) < 4.78 is 24.3. The van der Waals surface area contributed by atoms with Gasteiger partial charge in [-0.3, -0.25) is 0 Å². The van der Waals surface area contributed by atoms with E-state index < -0.39 is 21.9 Å². The molecule has 114 valence electrons. The van der Waals surface area contributed by atoms with E-state index in [1.165, 1.54) is 6.20 Å². The summed E-state index contributed by atoms with van der Waals surface area (Å²) in [6.45, 7) is 2.70. The van der Waals surface area contributed by atoms with Crippen molar-refractivity contribution in [3.63, 3.8) is 0 Å². The molecule has 0 atom stereocenters. The van der Waals surface area contributed by atoms with E-state index in [9.17, 15) is 4.39 Å². The van der Waals surface area contributed by atoms with Crippen LogP contribution >= 0.6 is 0 Å². The highest BCUT2D eigenvalue weighted by Crippen LogP contribution is 2.27. The fourth-order valence-corrected chi connectivity index (χ4v) is 2.23. The predicted octanol–water partition coefficient (Wildman–Crippen LogP) is -2.88. The van der Waals surface area contributed by atoms with Crippen LogP contribution in [-0.4, -0.2) is 102 Å². The van der Waals surface area contributed by atoms with Crippen LogP contribution < -0.4 is 15.0 Å². The monoisotopic (exact) mass is 325 g/mol. The summed E-state index contributed by atoms with van der Waals surface area (Å²) in [6, 6.07) is 1.05. The van der Waals surface area contributed by atoms with E-state index in [4.69, 9.17) is 64.4 Å². The second-order valence-electron chi connectivity index (χ2n) is 5.86. The minimum absolute atomic E-state index is 0.123. The van der Waals surface area contributed by atoms with Gasteiger partial charge in [0.15, 0.2) is 11.6 Å². The maximum Gasteiger partial charge on any atom is 0.169 e. The molecule has 0 saturated carbocycles. The number of halogens is 1. The molecule has 25 heavy (non-hydrogen) atoms. The third-order valence-electron chi connectivity index (χ3n) is 3.46. The van der Waals surface area contributed by atoms with Crippen LogP contribution in [0.15, 0.2) is 12.3 Å². The molecule has 0 aliphatic carbocycles. The average molecular weight is 324 g/mol. The van der Waals surface area contributed by atoms with Crippen molar-refractivity contribution in [2.75, 3.05) is 31.1 Å². The molecule has 14 radical (unpaired) electrons. The summed E-state index contributed by atoms with van der Waals surface area (Å²) in [5.74, 6) is -0.565. The van der Waals surface area contributed by atoms with Gasteiger partial charge in [0.25, 0.3) is 0 Å². The van der Waals surface area contributed by atoms with Crippen LogP contribution in [0.3, 0.4) is 0 Å². The van der Waals surface area contributed by atoms with Crippen molar-refractivity contribution in [2.24, 2.45) is 0 Å². The van der Waals surface area contributed by atoms with Crippen LogP contribution in [0, 0.1) is 5.82 Å². The molecule has 0 bridgehead atoms. The number of nitrogens with one attached hydrogen (secondary N) is 1. The minimum Gasteiger partial charge on any atom is -0.504 e. The lowest BCUT2D eigenvalue weighted by Gasteiger charge is -2.48. The molecule has 1 fully saturated rings. The standard InChI is InChI=1S/C12H11B7FN3O2/c13-10(14,11(15,16)25-12(17,18)19)24-7-5-8(20)9(22-6-7)23-3-1-21-2-4-23/h5-6,21H,1-4H2. The number of pyridine rings is 1.